The van der Waals surface area contributed by atoms with E-state index >= 15 is 0 Å². The van der Waals surface area contributed by atoms with Gasteiger partial charge in [-0.1, -0.05) is 13.8 Å². The normalized spacial score (nSPS) is 19.1. The molecule has 0 saturated carbocycles. The van der Waals surface area contributed by atoms with E-state index in [1.54, 1.807) is 6.92 Å². The van der Waals surface area contributed by atoms with Crippen LogP contribution in [0.1, 0.15) is 34.1 Å². The number of carbonyl (C=O) groups excluding carboxylic acids is 1. The predicted octanol–water partition coefficient (Wildman–Crippen LogP) is 0.935. The standard InChI is InChI=1S/C11H23NO3/c1-6-11(4,14)7-12-9(3)8(2)10(13)15-5/h8-9,12,14H,6-7H2,1-5H3. The molecule has 0 aliphatic rings. The third kappa shape index (κ3) is 5.14. The van der Waals surface area contributed by atoms with Crippen LogP contribution in [0.3, 0.4) is 0 Å². The highest BCUT2D eigenvalue weighted by Gasteiger charge is 2.24. The van der Waals surface area contributed by atoms with E-state index in [1.807, 2.05) is 20.8 Å². The van der Waals surface area contributed by atoms with Gasteiger partial charge >= 0.3 is 5.97 Å². The SMILES string of the molecule is CCC(C)(O)CNC(C)C(C)C(=O)OC. The first-order valence-corrected chi connectivity index (χ1v) is 5.37. The van der Waals surface area contributed by atoms with E-state index in [1.165, 1.54) is 7.11 Å². The Hall–Kier alpha value is -0.610. The maximum absolute atomic E-state index is 11.2. The van der Waals surface area contributed by atoms with E-state index in [0.29, 0.717) is 13.0 Å². The lowest BCUT2D eigenvalue weighted by atomic mass is 10.0. The van der Waals surface area contributed by atoms with Crippen LogP contribution in [-0.2, 0) is 9.53 Å². The number of methoxy groups -OCH3 is 1. The van der Waals surface area contributed by atoms with Gasteiger partial charge in [0.2, 0.25) is 0 Å². The Morgan fingerprint density at radius 3 is 2.47 bits per heavy atom. The summed E-state index contributed by atoms with van der Waals surface area (Å²) in [5.41, 5.74) is -0.718. The Kier molecular flexibility index (Phi) is 5.83. The fourth-order valence-corrected chi connectivity index (χ4v) is 1.07. The topological polar surface area (TPSA) is 58.6 Å². The van der Waals surface area contributed by atoms with Gasteiger partial charge in [-0.2, -0.15) is 0 Å². The number of esters is 1. The van der Waals surface area contributed by atoms with Crippen molar-refractivity contribution in [1.29, 1.82) is 0 Å². The average Bonchev–Trinajstić information content (AvgIpc) is 2.23. The molecule has 0 aromatic rings. The van der Waals surface area contributed by atoms with Crippen molar-refractivity contribution in [2.45, 2.75) is 45.8 Å². The van der Waals surface area contributed by atoms with Crippen LogP contribution < -0.4 is 5.32 Å². The fourth-order valence-electron chi connectivity index (χ4n) is 1.07. The minimum absolute atomic E-state index is 0.00419. The zero-order valence-corrected chi connectivity index (χ0v) is 10.3. The van der Waals surface area contributed by atoms with Crippen molar-refractivity contribution in [3.8, 4) is 0 Å². The summed E-state index contributed by atoms with van der Waals surface area (Å²) in [5, 5.41) is 12.9. The number of hydrogen-bond donors (Lipinski definition) is 2. The summed E-state index contributed by atoms with van der Waals surface area (Å²) in [5.74, 6) is -0.436. The largest absolute Gasteiger partial charge is 0.469 e. The molecule has 0 radical (unpaired) electrons. The van der Waals surface area contributed by atoms with Crippen LogP contribution in [0, 0.1) is 5.92 Å². The molecule has 0 aliphatic carbocycles. The molecule has 0 saturated heterocycles. The summed E-state index contributed by atoms with van der Waals surface area (Å²) in [4.78, 5) is 11.2. The molecule has 0 bridgehead atoms. The van der Waals surface area contributed by atoms with Gasteiger partial charge in [-0.25, -0.2) is 0 Å². The molecule has 15 heavy (non-hydrogen) atoms. The quantitative estimate of drug-likeness (QED) is 0.650. The van der Waals surface area contributed by atoms with Crippen molar-refractivity contribution >= 4 is 5.97 Å². The number of rotatable bonds is 6. The van der Waals surface area contributed by atoms with E-state index in [4.69, 9.17) is 0 Å². The lowest BCUT2D eigenvalue weighted by Crippen LogP contribution is -2.45. The molecular weight excluding hydrogens is 194 g/mol. The van der Waals surface area contributed by atoms with Crippen LogP contribution in [0.25, 0.3) is 0 Å². The summed E-state index contributed by atoms with van der Waals surface area (Å²) < 4.78 is 4.65. The first kappa shape index (κ1) is 14.4. The molecule has 0 amide bonds. The number of hydrogen-bond acceptors (Lipinski definition) is 4. The molecule has 90 valence electrons. The molecule has 4 heteroatoms. The second-order valence-electron chi connectivity index (χ2n) is 4.33. The smallest absolute Gasteiger partial charge is 0.309 e. The van der Waals surface area contributed by atoms with Crippen molar-refractivity contribution in [3.05, 3.63) is 0 Å². The molecule has 0 aromatic carbocycles. The molecule has 0 heterocycles. The molecule has 0 rings (SSSR count). The van der Waals surface area contributed by atoms with E-state index in [2.05, 4.69) is 10.1 Å². The summed E-state index contributed by atoms with van der Waals surface area (Å²) in [6.07, 6.45) is 0.680. The van der Waals surface area contributed by atoms with Gasteiger partial charge in [-0.05, 0) is 20.3 Å². The van der Waals surface area contributed by atoms with Gasteiger partial charge in [0.1, 0.15) is 0 Å². The van der Waals surface area contributed by atoms with Crippen LogP contribution in [-0.4, -0.2) is 36.4 Å². The van der Waals surface area contributed by atoms with Crippen molar-refractivity contribution in [1.82, 2.24) is 5.32 Å². The van der Waals surface area contributed by atoms with E-state index < -0.39 is 5.60 Å². The molecule has 0 aliphatic heterocycles. The number of ether oxygens (including phenoxy) is 1. The van der Waals surface area contributed by atoms with E-state index in [-0.39, 0.29) is 17.9 Å². The van der Waals surface area contributed by atoms with Gasteiger partial charge in [0.05, 0.1) is 18.6 Å². The van der Waals surface area contributed by atoms with Gasteiger partial charge in [0, 0.05) is 12.6 Å². The summed E-state index contributed by atoms with van der Waals surface area (Å²) in [6, 6.07) is -0.00419. The van der Waals surface area contributed by atoms with Gasteiger partial charge in [-0.3, -0.25) is 4.79 Å². The first-order chi connectivity index (χ1) is 6.84. The third-order valence-corrected chi connectivity index (χ3v) is 2.89. The van der Waals surface area contributed by atoms with Crippen molar-refractivity contribution < 1.29 is 14.6 Å². The van der Waals surface area contributed by atoms with Gasteiger partial charge in [0.25, 0.3) is 0 Å². The van der Waals surface area contributed by atoms with Crippen molar-refractivity contribution in [2.75, 3.05) is 13.7 Å². The van der Waals surface area contributed by atoms with E-state index in [9.17, 15) is 9.90 Å². The first-order valence-electron chi connectivity index (χ1n) is 5.37. The Bertz CT molecular complexity index is 204. The van der Waals surface area contributed by atoms with Crippen molar-refractivity contribution in [2.24, 2.45) is 5.92 Å². The van der Waals surface area contributed by atoms with Crippen molar-refractivity contribution in [3.63, 3.8) is 0 Å². The summed E-state index contributed by atoms with van der Waals surface area (Å²) in [7, 11) is 1.38. The maximum atomic E-state index is 11.2. The summed E-state index contributed by atoms with van der Waals surface area (Å²) in [6.45, 7) is 7.90. The Balaban J connectivity index is 4.03. The highest BCUT2D eigenvalue weighted by atomic mass is 16.5. The Labute approximate surface area is 92.0 Å². The van der Waals surface area contributed by atoms with Gasteiger partial charge in [-0.15, -0.1) is 0 Å². The minimum atomic E-state index is -0.718. The number of aliphatic hydroxyl groups is 1. The van der Waals surface area contributed by atoms with E-state index in [0.717, 1.165) is 0 Å². The molecule has 3 atom stereocenters. The van der Waals surface area contributed by atoms with Crippen LogP contribution in [0.4, 0.5) is 0 Å². The van der Waals surface area contributed by atoms with Gasteiger partial charge in [0.15, 0.2) is 0 Å². The van der Waals surface area contributed by atoms with Crippen LogP contribution in [0.5, 0.6) is 0 Å². The van der Waals surface area contributed by atoms with Crippen LogP contribution in [0.15, 0.2) is 0 Å². The molecule has 4 nitrogen and oxygen atoms in total. The summed E-state index contributed by atoms with van der Waals surface area (Å²) >= 11 is 0. The Morgan fingerprint density at radius 1 is 1.53 bits per heavy atom. The second-order valence-corrected chi connectivity index (χ2v) is 4.33. The maximum Gasteiger partial charge on any atom is 0.309 e. The monoisotopic (exact) mass is 217 g/mol. The number of nitrogens with one attached hydrogen (secondary N) is 1. The van der Waals surface area contributed by atoms with Crippen LogP contribution >= 0.6 is 0 Å². The lowest BCUT2D eigenvalue weighted by molar-refractivity contribution is -0.145. The Morgan fingerprint density at radius 2 is 2.07 bits per heavy atom. The molecule has 0 spiro atoms. The highest BCUT2D eigenvalue weighted by Crippen LogP contribution is 2.09. The molecule has 3 unspecified atom stereocenters. The van der Waals surface area contributed by atoms with Gasteiger partial charge < -0.3 is 15.2 Å². The fraction of sp³-hybridized carbons (Fsp3) is 0.909. The molecular formula is C11H23NO3. The average molecular weight is 217 g/mol. The number of carbonyl (C=O) groups is 1. The third-order valence-electron chi connectivity index (χ3n) is 2.89. The zero-order valence-electron chi connectivity index (χ0n) is 10.3. The minimum Gasteiger partial charge on any atom is -0.469 e. The predicted molar refractivity (Wildman–Crippen MR) is 59.6 cm³/mol. The molecule has 2 N–H and O–H groups in total. The highest BCUT2D eigenvalue weighted by molar-refractivity contribution is 5.72. The lowest BCUT2D eigenvalue weighted by Gasteiger charge is -2.26. The molecule has 0 aromatic heterocycles. The zero-order chi connectivity index (χ0) is 12.1. The second kappa shape index (κ2) is 6.08. The molecule has 0 fully saturated rings. The van der Waals surface area contributed by atoms with Crippen LogP contribution in [0.2, 0.25) is 0 Å².